The van der Waals surface area contributed by atoms with Crippen molar-refractivity contribution in [2.75, 3.05) is 27.3 Å². The van der Waals surface area contributed by atoms with Gasteiger partial charge in [0.25, 0.3) is 0 Å². The molecule has 0 spiro atoms. The van der Waals surface area contributed by atoms with Crippen LogP contribution in [0.15, 0.2) is 0 Å². The Morgan fingerprint density at radius 3 is 1.56 bits per heavy atom. The van der Waals surface area contributed by atoms with Crippen molar-refractivity contribution < 1.29 is 21.9 Å². The van der Waals surface area contributed by atoms with E-state index in [1.165, 1.54) is 0 Å². The first-order valence-corrected chi connectivity index (χ1v) is 7.41. The first-order valence-electron chi connectivity index (χ1n) is 5.46. The van der Waals surface area contributed by atoms with Crippen LogP contribution in [-0.2, 0) is 9.47 Å². The molecule has 0 saturated carbocycles. The summed E-state index contributed by atoms with van der Waals surface area (Å²) in [5, 5.41) is 0. The van der Waals surface area contributed by atoms with Gasteiger partial charge in [0, 0.05) is 41.2 Å². The summed E-state index contributed by atoms with van der Waals surface area (Å²) in [5.74, 6) is 0.0692. The van der Waals surface area contributed by atoms with Gasteiger partial charge in [0.15, 0.2) is 11.7 Å². The first kappa shape index (κ1) is 18.9. The van der Waals surface area contributed by atoms with Crippen LogP contribution >= 0.6 is 7.56 Å². The molecule has 0 fully saturated rings. The van der Waals surface area contributed by atoms with Gasteiger partial charge in [0.2, 0.25) is 7.56 Å². The van der Waals surface area contributed by atoms with Gasteiger partial charge in [0.1, 0.15) is 0 Å². The minimum Gasteiger partial charge on any atom is -1.00 e. The number of hydrogen-bond donors (Lipinski definition) is 1. The standard InChI is InChI=1S/C10H26N2O2P.ClH/c1-7-12(8-2)15(11,9(3)13-5)10(4)14-6;/h9-10H,7-8,11H2,1-6H3;1H/q+1;/p-1. The molecule has 0 heterocycles. The molecule has 2 atom stereocenters. The molecular formula is C10H26ClN2O2P. The monoisotopic (exact) mass is 272 g/mol. The fourth-order valence-corrected chi connectivity index (χ4v) is 4.97. The molecule has 0 aromatic rings. The third-order valence-electron chi connectivity index (χ3n) is 3.07. The maximum atomic E-state index is 6.56. The SMILES string of the molecule is CCN(CC)[P+](N)(C(C)OC)C(C)OC.[Cl-]. The van der Waals surface area contributed by atoms with E-state index in [9.17, 15) is 0 Å². The molecule has 0 rings (SSSR count). The second-order valence-electron chi connectivity index (χ2n) is 3.60. The number of ether oxygens (including phenoxy) is 2. The van der Waals surface area contributed by atoms with E-state index in [4.69, 9.17) is 15.0 Å². The largest absolute Gasteiger partial charge is 1.00 e. The lowest BCUT2D eigenvalue weighted by molar-refractivity contribution is -0.00000472. The molecule has 4 nitrogen and oxygen atoms in total. The summed E-state index contributed by atoms with van der Waals surface area (Å²) < 4.78 is 13.1. The molecule has 0 radical (unpaired) electrons. The molecule has 6 heteroatoms. The summed E-state index contributed by atoms with van der Waals surface area (Å²) in [6, 6.07) is 0. The van der Waals surface area contributed by atoms with Gasteiger partial charge < -0.3 is 21.9 Å². The minimum atomic E-state index is -1.87. The number of nitrogens with zero attached hydrogens (tertiary/aromatic N) is 1. The number of nitrogens with two attached hydrogens (primary N) is 1. The lowest BCUT2D eigenvalue weighted by Gasteiger charge is -2.38. The topological polar surface area (TPSA) is 47.7 Å². The van der Waals surface area contributed by atoms with E-state index in [1.54, 1.807) is 14.2 Å². The van der Waals surface area contributed by atoms with Gasteiger partial charge in [-0.25, -0.2) is 0 Å². The van der Waals surface area contributed by atoms with E-state index in [0.29, 0.717) is 0 Å². The van der Waals surface area contributed by atoms with Gasteiger partial charge >= 0.3 is 0 Å². The second-order valence-corrected chi connectivity index (χ2v) is 7.21. The van der Waals surface area contributed by atoms with Gasteiger partial charge in [-0.05, 0) is 13.8 Å². The van der Waals surface area contributed by atoms with Crippen molar-refractivity contribution in [3.8, 4) is 0 Å². The van der Waals surface area contributed by atoms with E-state index in [1.807, 2.05) is 13.8 Å². The number of hydrogen-bond acceptors (Lipinski definition) is 4. The maximum Gasteiger partial charge on any atom is 0.207 e. The fraction of sp³-hybridized carbons (Fsp3) is 1.00. The Balaban J connectivity index is 0. The first-order chi connectivity index (χ1) is 6.98. The molecule has 0 aliphatic heterocycles. The summed E-state index contributed by atoms with van der Waals surface area (Å²) >= 11 is 0. The zero-order valence-corrected chi connectivity index (χ0v) is 12.9. The summed E-state index contributed by atoms with van der Waals surface area (Å²) in [5.41, 5.74) is 6.56. The molecule has 0 aromatic carbocycles. The third-order valence-corrected chi connectivity index (χ3v) is 7.36. The van der Waals surface area contributed by atoms with Crippen molar-refractivity contribution in [1.29, 1.82) is 0 Å². The molecule has 0 aliphatic carbocycles. The highest BCUT2D eigenvalue weighted by Crippen LogP contribution is 2.62. The number of halogens is 1. The molecule has 16 heavy (non-hydrogen) atoms. The van der Waals surface area contributed by atoms with Crippen LogP contribution < -0.4 is 17.9 Å². The molecule has 2 unspecified atom stereocenters. The van der Waals surface area contributed by atoms with Crippen LogP contribution in [0.3, 0.4) is 0 Å². The van der Waals surface area contributed by atoms with Crippen LogP contribution in [-0.4, -0.2) is 43.7 Å². The van der Waals surface area contributed by atoms with Crippen molar-refractivity contribution in [2.45, 2.75) is 39.4 Å². The van der Waals surface area contributed by atoms with Crippen LogP contribution in [0.25, 0.3) is 0 Å². The van der Waals surface area contributed by atoms with Crippen LogP contribution in [0, 0.1) is 0 Å². The molecular weight excluding hydrogens is 247 g/mol. The zero-order chi connectivity index (χ0) is 12.1. The third kappa shape index (κ3) is 3.80. The van der Waals surface area contributed by atoms with E-state index in [-0.39, 0.29) is 24.1 Å². The molecule has 0 amide bonds. The Hall–Kier alpha value is 0.560. The van der Waals surface area contributed by atoms with Gasteiger partial charge in [-0.1, -0.05) is 0 Å². The Kier molecular flexibility index (Phi) is 10.2. The summed E-state index contributed by atoms with van der Waals surface area (Å²) in [4.78, 5) is 0. The van der Waals surface area contributed by atoms with Crippen LogP contribution in [0.1, 0.15) is 27.7 Å². The van der Waals surface area contributed by atoms with E-state index < -0.39 is 7.56 Å². The molecule has 0 aromatic heterocycles. The Labute approximate surface area is 107 Å². The molecule has 2 N–H and O–H groups in total. The Bertz CT molecular complexity index is 172. The summed E-state index contributed by atoms with van der Waals surface area (Å²) in [7, 11) is 1.54. The zero-order valence-electron chi connectivity index (χ0n) is 11.2. The molecule has 100 valence electrons. The maximum absolute atomic E-state index is 6.56. The molecule has 0 aliphatic rings. The predicted molar refractivity (Wildman–Crippen MR) is 67.0 cm³/mol. The quantitative estimate of drug-likeness (QED) is 0.612. The van der Waals surface area contributed by atoms with Crippen molar-refractivity contribution in [3.63, 3.8) is 0 Å². The molecule has 0 bridgehead atoms. The van der Waals surface area contributed by atoms with Crippen molar-refractivity contribution in [3.05, 3.63) is 0 Å². The highest BCUT2D eigenvalue weighted by atomic mass is 35.5. The number of rotatable bonds is 7. The minimum absolute atomic E-state index is 0. The lowest BCUT2D eigenvalue weighted by atomic mass is 10.7. The summed E-state index contributed by atoms with van der Waals surface area (Å²) in [6.45, 7) is 10.2. The Morgan fingerprint density at radius 1 is 1.06 bits per heavy atom. The second kappa shape index (κ2) is 8.62. The molecule has 0 saturated heterocycles. The van der Waals surface area contributed by atoms with Crippen LogP contribution in [0.4, 0.5) is 0 Å². The van der Waals surface area contributed by atoms with Crippen LogP contribution in [0.5, 0.6) is 0 Å². The van der Waals surface area contributed by atoms with Crippen LogP contribution in [0.2, 0.25) is 0 Å². The highest BCUT2D eigenvalue weighted by molar-refractivity contribution is 7.72. The van der Waals surface area contributed by atoms with Gasteiger partial charge in [-0.2, -0.15) is 10.2 Å². The highest BCUT2D eigenvalue weighted by Gasteiger charge is 2.51. The Morgan fingerprint density at radius 2 is 1.38 bits per heavy atom. The van der Waals surface area contributed by atoms with E-state index in [0.717, 1.165) is 13.1 Å². The fourth-order valence-electron chi connectivity index (χ4n) is 1.81. The predicted octanol–water partition coefficient (Wildman–Crippen LogP) is -0.877. The van der Waals surface area contributed by atoms with E-state index in [2.05, 4.69) is 18.5 Å². The van der Waals surface area contributed by atoms with Gasteiger partial charge in [0.05, 0.1) is 0 Å². The van der Waals surface area contributed by atoms with Crippen molar-refractivity contribution in [2.24, 2.45) is 5.50 Å². The smallest absolute Gasteiger partial charge is 0.207 e. The average molecular weight is 273 g/mol. The van der Waals surface area contributed by atoms with Crippen molar-refractivity contribution >= 4 is 7.56 Å². The summed E-state index contributed by atoms with van der Waals surface area (Å²) in [6.07, 6.45) is 0. The lowest BCUT2D eigenvalue weighted by Crippen LogP contribution is -3.00. The average Bonchev–Trinajstić information content (AvgIpc) is 2.27. The van der Waals surface area contributed by atoms with E-state index >= 15 is 0 Å². The number of methoxy groups -OCH3 is 2. The van der Waals surface area contributed by atoms with Gasteiger partial charge in [-0.3, -0.25) is 0 Å². The van der Waals surface area contributed by atoms with Crippen molar-refractivity contribution in [1.82, 2.24) is 4.67 Å². The van der Waals surface area contributed by atoms with Gasteiger partial charge in [-0.15, -0.1) is 0 Å². The normalized spacial score (nSPS) is 18.8.